The van der Waals surface area contributed by atoms with Crippen LogP contribution in [-0.2, 0) is 9.53 Å². The summed E-state index contributed by atoms with van der Waals surface area (Å²) < 4.78 is 5.29. The van der Waals surface area contributed by atoms with E-state index in [0.717, 1.165) is 0 Å². The molecule has 0 spiro atoms. The van der Waals surface area contributed by atoms with Gasteiger partial charge in [0.25, 0.3) is 0 Å². The van der Waals surface area contributed by atoms with Crippen LogP contribution in [0, 0.1) is 0 Å². The van der Waals surface area contributed by atoms with E-state index in [4.69, 9.17) is 4.74 Å². The number of hydrogen-bond donors (Lipinski definition) is 2. The second-order valence-corrected chi connectivity index (χ2v) is 3.27. The molecule has 0 aliphatic heterocycles. The predicted octanol–water partition coefficient (Wildman–Crippen LogP) is 0.134. The Morgan fingerprint density at radius 2 is 1.85 bits per heavy atom. The summed E-state index contributed by atoms with van der Waals surface area (Å²) in [6.07, 6.45) is -0.00565. The van der Waals surface area contributed by atoms with Gasteiger partial charge in [0.1, 0.15) is 0 Å². The van der Waals surface area contributed by atoms with Crippen molar-refractivity contribution in [1.82, 2.24) is 10.6 Å². The molecule has 2 N–H and O–H groups in total. The third-order valence-electron chi connectivity index (χ3n) is 2.14. The van der Waals surface area contributed by atoms with Crippen molar-refractivity contribution in [2.45, 2.75) is 39.0 Å². The molecule has 0 bridgehead atoms. The lowest BCUT2D eigenvalue weighted by Gasteiger charge is -2.28. The fraction of sp³-hybridized carbons (Fsp3) is 0.889. The van der Waals surface area contributed by atoms with Crippen LogP contribution in [0.15, 0.2) is 0 Å². The molecule has 0 heterocycles. The van der Waals surface area contributed by atoms with Gasteiger partial charge in [-0.05, 0) is 20.9 Å². The second-order valence-electron chi connectivity index (χ2n) is 3.27. The van der Waals surface area contributed by atoms with Gasteiger partial charge in [0.05, 0.1) is 12.1 Å². The first kappa shape index (κ1) is 12.4. The van der Waals surface area contributed by atoms with Crippen molar-refractivity contribution in [2.75, 3.05) is 14.2 Å². The Kier molecular flexibility index (Phi) is 5.66. The zero-order valence-electron chi connectivity index (χ0n) is 9.05. The molecule has 0 aromatic heterocycles. The number of likely N-dealkylation sites (N-methyl/N-ethyl adjacent to an activating group) is 1. The summed E-state index contributed by atoms with van der Waals surface area (Å²) >= 11 is 0. The molecule has 1 amide bonds. The Bertz CT molecular complexity index is 162. The molecular weight excluding hydrogens is 168 g/mol. The number of ether oxygens (including phenoxy) is 1. The molecule has 0 saturated carbocycles. The van der Waals surface area contributed by atoms with Crippen LogP contribution in [0.25, 0.3) is 0 Å². The van der Waals surface area contributed by atoms with E-state index in [1.54, 1.807) is 7.11 Å². The van der Waals surface area contributed by atoms with Crippen molar-refractivity contribution >= 4 is 5.91 Å². The minimum Gasteiger partial charge on any atom is -0.378 e. The Hall–Kier alpha value is -0.610. The summed E-state index contributed by atoms with van der Waals surface area (Å²) in [7, 11) is 3.52. The average Bonchev–Trinajstić information content (AvgIpc) is 2.03. The van der Waals surface area contributed by atoms with Crippen LogP contribution in [0.1, 0.15) is 20.8 Å². The van der Waals surface area contributed by atoms with Gasteiger partial charge < -0.3 is 15.4 Å². The summed E-state index contributed by atoms with van der Waals surface area (Å²) in [6, 6.07) is 0.233. The summed E-state index contributed by atoms with van der Waals surface area (Å²) in [4.78, 5) is 10.8. The molecule has 0 radical (unpaired) electrons. The highest BCUT2D eigenvalue weighted by molar-refractivity contribution is 5.73. The SMILES string of the molecule is CNC(C)C(OC)C(C)NC(C)=O. The van der Waals surface area contributed by atoms with Gasteiger partial charge in [0.15, 0.2) is 0 Å². The summed E-state index contributed by atoms with van der Waals surface area (Å²) in [6.45, 7) is 5.46. The molecular formula is C9H20N2O2. The van der Waals surface area contributed by atoms with Crippen LogP contribution in [0.2, 0.25) is 0 Å². The fourth-order valence-electron chi connectivity index (χ4n) is 1.41. The van der Waals surface area contributed by atoms with Crippen molar-refractivity contribution in [3.63, 3.8) is 0 Å². The quantitative estimate of drug-likeness (QED) is 0.645. The monoisotopic (exact) mass is 188 g/mol. The van der Waals surface area contributed by atoms with Gasteiger partial charge in [-0.15, -0.1) is 0 Å². The predicted molar refractivity (Wildman–Crippen MR) is 52.6 cm³/mol. The van der Waals surface area contributed by atoms with E-state index < -0.39 is 0 Å². The first-order valence-corrected chi connectivity index (χ1v) is 4.50. The lowest BCUT2D eigenvalue weighted by atomic mass is 10.1. The molecule has 0 aromatic carbocycles. The largest absolute Gasteiger partial charge is 0.378 e. The van der Waals surface area contributed by atoms with E-state index in [1.165, 1.54) is 6.92 Å². The zero-order chi connectivity index (χ0) is 10.4. The van der Waals surface area contributed by atoms with Crippen molar-refractivity contribution in [2.24, 2.45) is 0 Å². The Morgan fingerprint density at radius 3 is 2.15 bits per heavy atom. The van der Waals surface area contributed by atoms with E-state index in [-0.39, 0.29) is 24.1 Å². The first-order chi connectivity index (χ1) is 6.02. The third-order valence-corrected chi connectivity index (χ3v) is 2.14. The minimum atomic E-state index is -0.0298. The fourth-order valence-corrected chi connectivity index (χ4v) is 1.41. The average molecular weight is 188 g/mol. The molecule has 13 heavy (non-hydrogen) atoms. The number of rotatable bonds is 5. The van der Waals surface area contributed by atoms with Gasteiger partial charge in [-0.3, -0.25) is 4.79 Å². The van der Waals surface area contributed by atoms with Crippen molar-refractivity contribution in [3.8, 4) is 0 Å². The number of nitrogens with one attached hydrogen (secondary N) is 2. The normalized spacial score (nSPS) is 17.6. The van der Waals surface area contributed by atoms with E-state index in [1.807, 2.05) is 20.9 Å². The number of carbonyl (C=O) groups excluding carboxylic acids is 1. The van der Waals surface area contributed by atoms with Crippen molar-refractivity contribution in [1.29, 1.82) is 0 Å². The molecule has 78 valence electrons. The van der Waals surface area contributed by atoms with Crippen molar-refractivity contribution in [3.05, 3.63) is 0 Å². The Labute approximate surface area is 80.0 Å². The highest BCUT2D eigenvalue weighted by atomic mass is 16.5. The lowest BCUT2D eigenvalue weighted by molar-refractivity contribution is -0.120. The maximum atomic E-state index is 10.8. The van der Waals surface area contributed by atoms with Gasteiger partial charge in [-0.1, -0.05) is 0 Å². The number of carbonyl (C=O) groups is 1. The minimum absolute atomic E-state index is 0.00565. The van der Waals surface area contributed by atoms with Gasteiger partial charge >= 0.3 is 0 Å². The summed E-state index contributed by atoms with van der Waals surface area (Å²) in [5.74, 6) is -0.0298. The number of amides is 1. The molecule has 0 fully saturated rings. The second kappa shape index (κ2) is 5.94. The van der Waals surface area contributed by atoms with Crippen LogP contribution in [0.3, 0.4) is 0 Å². The van der Waals surface area contributed by atoms with Crippen LogP contribution in [0.5, 0.6) is 0 Å². The van der Waals surface area contributed by atoms with Gasteiger partial charge in [-0.25, -0.2) is 0 Å². The van der Waals surface area contributed by atoms with Gasteiger partial charge in [0, 0.05) is 20.1 Å². The smallest absolute Gasteiger partial charge is 0.217 e. The highest BCUT2D eigenvalue weighted by Crippen LogP contribution is 2.03. The molecule has 0 aromatic rings. The zero-order valence-corrected chi connectivity index (χ0v) is 9.05. The van der Waals surface area contributed by atoms with E-state index in [2.05, 4.69) is 10.6 Å². The summed E-state index contributed by atoms with van der Waals surface area (Å²) in [5.41, 5.74) is 0. The molecule has 3 unspecified atom stereocenters. The molecule has 0 saturated heterocycles. The van der Waals surface area contributed by atoms with Crippen molar-refractivity contribution < 1.29 is 9.53 Å². The maximum Gasteiger partial charge on any atom is 0.217 e. The molecule has 0 aliphatic rings. The molecule has 0 rings (SSSR count). The standard InChI is InChI=1S/C9H20N2O2/c1-6(10-4)9(13-5)7(2)11-8(3)12/h6-7,9-10H,1-5H3,(H,11,12). The van der Waals surface area contributed by atoms with Crippen LogP contribution < -0.4 is 10.6 Å². The topological polar surface area (TPSA) is 50.4 Å². The Morgan fingerprint density at radius 1 is 1.31 bits per heavy atom. The molecule has 0 aliphatic carbocycles. The summed E-state index contributed by atoms with van der Waals surface area (Å²) in [5, 5.41) is 5.90. The highest BCUT2D eigenvalue weighted by Gasteiger charge is 2.22. The third kappa shape index (κ3) is 4.24. The number of hydrogen-bond acceptors (Lipinski definition) is 3. The molecule has 3 atom stereocenters. The van der Waals surface area contributed by atoms with Gasteiger partial charge in [-0.2, -0.15) is 0 Å². The Balaban J connectivity index is 4.13. The number of methoxy groups -OCH3 is 1. The van der Waals surface area contributed by atoms with E-state index in [0.29, 0.717) is 0 Å². The molecule has 4 heteroatoms. The van der Waals surface area contributed by atoms with Crippen LogP contribution >= 0.6 is 0 Å². The van der Waals surface area contributed by atoms with E-state index in [9.17, 15) is 4.79 Å². The van der Waals surface area contributed by atoms with Crippen LogP contribution in [-0.4, -0.2) is 38.3 Å². The van der Waals surface area contributed by atoms with Gasteiger partial charge in [0.2, 0.25) is 5.91 Å². The maximum absolute atomic E-state index is 10.8. The van der Waals surface area contributed by atoms with Crippen LogP contribution in [0.4, 0.5) is 0 Å². The lowest BCUT2D eigenvalue weighted by Crippen LogP contribution is -2.50. The van der Waals surface area contributed by atoms with E-state index >= 15 is 0 Å². The molecule has 4 nitrogen and oxygen atoms in total. The first-order valence-electron chi connectivity index (χ1n) is 4.50.